The summed E-state index contributed by atoms with van der Waals surface area (Å²) in [5.41, 5.74) is 0. The van der Waals surface area contributed by atoms with Crippen LogP contribution in [0.1, 0.15) is 16.6 Å². The quantitative estimate of drug-likeness (QED) is 0.922. The monoisotopic (exact) mass is 323 g/mol. The first-order valence-electron chi connectivity index (χ1n) is 6.68. The normalized spacial score (nSPS) is 21.9. The van der Waals surface area contributed by atoms with E-state index >= 15 is 0 Å². The van der Waals surface area contributed by atoms with Gasteiger partial charge in [0.25, 0.3) is 5.91 Å². The molecule has 1 aromatic carbocycles. The van der Waals surface area contributed by atoms with Crippen molar-refractivity contribution in [2.24, 2.45) is 11.8 Å². The Balaban J connectivity index is 1.91. The molecular formula is C15H14ClNO3S. The highest BCUT2D eigenvalue weighted by Crippen LogP contribution is 2.37. The maximum Gasteiger partial charge on any atom is 0.308 e. The van der Waals surface area contributed by atoms with Crippen molar-refractivity contribution in [1.29, 1.82) is 0 Å². The van der Waals surface area contributed by atoms with E-state index in [-0.39, 0.29) is 18.4 Å². The summed E-state index contributed by atoms with van der Waals surface area (Å²) in [5.74, 6) is -1.56. The second kappa shape index (κ2) is 5.31. The van der Waals surface area contributed by atoms with E-state index in [0.29, 0.717) is 16.4 Å². The van der Waals surface area contributed by atoms with Crippen molar-refractivity contribution >= 4 is 44.9 Å². The first-order valence-corrected chi connectivity index (χ1v) is 7.87. The average molecular weight is 324 g/mol. The Morgan fingerprint density at radius 2 is 2.05 bits per heavy atom. The summed E-state index contributed by atoms with van der Waals surface area (Å²) in [6, 6.07) is 7.60. The number of halogens is 1. The van der Waals surface area contributed by atoms with Gasteiger partial charge in [-0.1, -0.05) is 36.7 Å². The number of likely N-dealkylation sites (tertiary alicyclic amines) is 1. The van der Waals surface area contributed by atoms with Crippen LogP contribution in [0, 0.1) is 11.8 Å². The number of hydrogen-bond donors (Lipinski definition) is 1. The lowest BCUT2D eigenvalue weighted by Crippen LogP contribution is -2.29. The molecular weight excluding hydrogens is 310 g/mol. The van der Waals surface area contributed by atoms with E-state index in [0.717, 1.165) is 10.1 Å². The predicted molar refractivity (Wildman–Crippen MR) is 83.0 cm³/mol. The number of nitrogens with zero attached hydrogens (tertiary/aromatic N) is 1. The van der Waals surface area contributed by atoms with Gasteiger partial charge in [0.15, 0.2) is 0 Å². The van der Waals surface area contributed by atoms with Crippen LogP contribution in [-0.2, 0) is 4.79 Å². The molecule has 6 heteroatoms. The zero-order chi connectivity index (χ0) is 15.1. The highest BCUT2D eigenvalue weighted by molar-refractivity contribution is 7.21. The summed E-state index contributed by atoms with van der Waals surface area (Å²) >= 11 is 7.67. The number of benzene rings is 1. The standard InChI is InChI=1S/C15H14ClNO3S/c1-8-6-17(7-10(8)15(19)20)14(18)13-12(16)9-4-2-3-5-11(9)21-13/h2-5,8,10H,6-7H2,1H3,(H,19,20)/t8-,10-/m1/s1. The van der Waals surface area contributed by atoms with Gasteiger partial charge >= 0.3 is 5.97 Å². The molecule has 2 aromatic rings. The Morgan fingerprint density at radius 1 is 1.33 bits per heavy atom. The van der Waals surface area contributed by atoms with Gasteiger partial charge in [-0.3, -0.25) is 9.59 Å². The molecule has 0 radical (unpaired) electrons. The van der Waals surface area contributed by atoms with Gasteiger partial charge in [0.2, 0.25) is 0 Å². The van der Waals surface area contributed by atoms with Gasteiger partial charge in [-0.2, -0.15) is 0 Å². The van der Waals surface area contributed by atoms with Crippen molar-refractivity contribution in [3.05, 3.63) is 34.2 Å². The summed E-state index contributed by atoms with van der Waals surface area (Å²) < 4.78 is 0.966. The molecule has 1 N–H and O–H groups in total. The molecule has 1 fully saturated rings. The molecule has 2 heterocycles. The van der Waals surface area contributed by atoms with E-state index < -0.39 is 11.9 Å². The van der Waals surface area contributed by atoms with Crippen LogP contribution in [0.15, 0.2) is 24.3 Å². The topological polar surface area (TPSA) is 57.6 Å². The minimum atomic E-state index is -0.847. The van der Waals surface area contributed by atoms with Gasteiger partial charge in [-0.05, 0) is 12.0 Å². The molecule has 0 saturated carbocycles. The number of amides is 1. The average Bonchev–Trinajstić information content (AvgIpc) is 3.00. The van der Waals surface area contributed by atoms with Crippen LogP contribution < -0.4 is 0 Å². The molecule has 0 unspecified atom stereocenters. The zero-order valence-electron chi connectivity index (χ0n) is 11.4. The van der Waals surface area contributed by atoms with Gasteiger partial charge in [-0.25, -0.2) is 0 Å². The fourth-order valence-electron chi connectivity index (χ4n) is 2.75. The lowest BCUT2D eigenvalue weighted by Gasteiger charge is -2.14. The van der Waals surface area contributed by atoms with Crippen LogP contribution in [-0.4, -0.2) is 35.0 Å². The van der Waals surface area contributed by atoms with E-state index in [4.69, 9.17) is 16.7 Å². The number of aliphatic carboxylic acids is 1. The highest BCUT2D eigenvalue weighted by Gasteiger charge is 2.38. The maximum absolute atomic E-state index is 12.6. The minimum absolute atomic E-state index is 0.0420. The molecule has 2 atom stereocenters. The summed E-state index contributed by atoms with van der Waals surface area (Å²) in [7, 11) is 0. The molecule has 1 amide bonds. The molecule has 4 nitrogen and oxygen atoms in total. The first kappa shape index (κ1) is 14.4. The van der Waals surface area contributed by atoms with Crippen molar-refractivity contribution in [2.45, 2.75) is 6.92 Å². The Kier molecular flexibility index (Phi) is 3.63. The lowest BCUT2D eigenvalue weighted by molar-refractivity contribution is -0.142. The summed E-state index contributed by atoms with van der Waals surface area (Å²) in [6.07, 6.45) is 0. The number of rotatable bonds is 2. The van der Waals surface area contributed by atoms with E-state index in [1.807, 2.05) is 31.2 Å². The van der Waals surface area contributed by atoms with Crippen LogP contribution in [0.2, 0.25) is 5.02 Å². The van der Waals surface area contributed by atoms with Crippen molar-refractivity contribution in [1.82, 2.24) is 4.90 Å². The van der Waals surface area contributed by atoms with Crippen LogP contribution >= 0.6 is 22.9 Å². The molecule has 0 aliphatic carbocycles. The highest BCUT2D eigenvalue weighted by atomic mass is 35.5. The zero-order valence-corrected chi connectivity index (χ0v) is 12.9. The number of thiophene rings is 1. The third kappa shape index (κ3) is 2.40. The number of carbonyl (C=O) groups excluding carboxylic acids is 1. The minimum Gasteiger partial charge on any atom is -0.481 e. The van der Waals surface area contributed by atoms with Crippen molar-refractivity contribution < 1.29 is 14.7 Å². The molecule has 21 heavy (non-hydrogen) atoms. The number of carboxylic acid groups (broad SMARTS) is 1. The van der Waals surface area contributed by atoms with Gasteiger partial charge in [0.1, 0.15) is 4.88 Å². The van der Waals surface area contributed by atoms with Crippen LogP contribution in [0.25, 0.3) is 10.1 Å². The van der Waals surface area contributed by atoms with E-state index in [9.17, 15) is 9.59 Å². The Labute approximate surface area is 130 Å². The van der Waals surface area contributed by atoms with Gasteiger partial charge in [0.05, 0.1) is 10.9 Å². The SMILES string of the molecule is C[C@@H]1CN(C(=O)c2sc3ccccc3c2Cl)C[C@H]1C(=O)O. The third-order valence-electron chi connectivity index (χ3n) is 3.95. The lowest BCUT2D eigenvalue weighted by atomic mass is 9.99. The molecule has 1 saturated heterocycles. The molecule has 0 bridgehead atoms. The smallest absolute Gasteiger partial charge is 0.308 e. The van der Waals surface area contributed by atoms with Crippen molar-refractivity contribution in [2.75, 3.05) is 13.1 Å². The fraction of sp³-hybridized carbons (Fsp3) is 0.333. The molecule has 1 aromatic heterocycles. The van der Waals surface area contributed by atoms with Gasteiger partial charge in [0, 0.05) is 23.2 Å². The summed E-state index contributed by atoms with van der Waals surface area (Å²) in [5, 5.41) is 10.5. The van der Waals surface area contributed by atoms with Gasteiger partial charge < -0.3 is 10.0 Å². The molecule has 110 valence electrons. The van der Waals surface area contributed by atoms with E-state index in [1.165, 1.54) is 11.3 Å². The van der Waals surface area contributed by atoms with E-state index in [2.05, 4.69) is 0 Å². The molecule has 3 rings (SSSR count). The third-order valence-corrected chi connectivity index (χ3v) is 5.61. The second-order valence-electron chi connectivity index (χ2n) is 5.37. The number of carbonyl (C=O) groups is 2. The molecule has 1 aliphatic heterocycles. The second-order valence-corrected chi connectivity index (χ2v) is 6.80. The first-order chi connectivity index (χ1) is 9.99. The van der Waals surface area contributed by atoms with Crippen LogP contribution in [0.3, 0.4) is 0 Å². The van der Waals surface area contributed by atoms with Crippen LogP contribution in [0.4, 0.5) is 0 Å². The maximum atomic E-state index is 12.6. The largest absolute Gasteiger partial charge is 0.481 e. The van der Waals surface area contributed by atoms with Gasteiger partial charge in [-0.15, -0.1) is 11.3 Å². The fourth-order valence-corrected chi connectivity index (χ4v) is 4.23. The van der Waals surface area contributed by atoms with Crippen molar-refractivity contribution in [3.63, 3.8) is 0 Å². The Hall–Kier alpha value is -1.59. The Morgan fingerprint density at radius 3 is 2.67 bits per heavy atom. The summed E-state index contributed by atoms with van der Waals surface area (Å²) in [6.45, 7) is 2.57. The molecule has 0 spiro atoms. The Bertz CT molecular complexity index is 727. The summed E-state index contributed by atoms with van der Waals surface area (Å²) in [4.78, 5) is 25.9. The number of fused-ring (bicyclic) bond motifs is 1. The predicted octanol–water partition coefficient (Wildman–Crippen LogP) is 3.35. The molecule has 1 aliphatic rings. The number of hydrogen-bond acceptors (Lipinski definition) is 3. The van der Waals surface area contributed by atoms with Crippen LogP contribution in [0.5, 0.6) is 0 Å². The number of carboxylic acids is 1. The van der Waals surface area contributed by atoms with Crippen molar-refractivity contribution in [3.8, 4) is 0 Å². The van der Waals surface area contributed by atoms with E-state index in [1.54, 1.807) is 4.90 Å².